The first-order valence-electron chi connectivity index (χ1n) is 6.97. The van der Waals surface area contributed by atoms with Gasteiger partial charge in [0.15, 0.2) is 16.5 Å². The predicted molar refractivity (Wildman–Crippen MR) is 102 cm³/mol. The van der Waals surface area contributed by atoms with Crippen molar-refractivity contribution >= 4 is 52.3 Å². The number of carbonyl (C=O) groups is 1. The molecule has 3 N–H and O–H groups in total. The molecule has 3 aromatic rings. The number of nitrogens with two attached hydrogens (primary N) is 1. The molecule has 3 rings (SSSR count). The second-order valence-electron chi connectivity index (χ2n) is 5.69. The Balaban J connectivity index is 0.00000144. The second-order valence-corrected chi connectivity index (χ2v) is 6.72. The van der Waals surface area contributed by atoms with Crippen LogP contribution in [0.1, 0.15) is 24.4 Å². The van der Waals surface area contributed by atoms with Gasteiger partial charge in [0, 0.05) is 12.1 Å². The molecule has 0 saturated heterocycles. The number of furan rings is 1. The minimum absolute atomic E-state index is 0. The Kier molecular flexibility index (Phi) is 6.80. The summed E-state index contributed by atoms with van der Waals surface area (Å²) in [5.41, 5.74) is 6.07. The first-order valence-corrected chi connectivity index (χ1v) is 7.78. The van der Waals surface area contributed by atoms with Gasteiger partial charge in [-0.2, -0.15) is 0 Å². The van der Waals surface area contributed by atoms with Crippen molar-refractivity contribution < 1.29 is 9.21 Å². The molecule has 0 aliphatic rings. The average Bonchev–Trinajstić information content (AvgIpc) is 3.13. The number of hydrogen-bond donors (Lipinski definition) is 2. The van der Waals surface area contributed by atoms with Crippen LogP contribution in [0, 0.1) is 0 Å². The molecule has 8 heteroatoms. The Labute approximate surface area is 156 Å². The van der Waals surface area contributed by atoms with Gasteiger partial charge < -0.3 is 15.5 Å². The molecule has 0 unspecified atom stereocenters. The van der Waals surface area contributed by atoms with Crippen LogP contribution < -0.4 is 11.1 Å². The molecule has 0 fully saturated rings. The highest BCUT2D eigenvalue weighted by Crippen LogP contribution is 2.31. The van der Waals surface area contributed by atoms with Gasteiger partial charge in [0.2, 0.25) is 0 Å². The summed E-state index contributed by atoms with van der Waals surface area (Å²) in [6, 6.07) is 11.3. The number of nitrogens with one attached hydrogen (secondary N) is 1. The van der Waals surface area contributed by atoms with Gasteiger partial charge >= 0.3 is 0 Å². The van der Waals surface area contributed by atoms with E-state index in [1.807, 2.05) is 38.1 Å². The average molecular weight is 388 g/mol. The Morgan fingerprint density at radius 3 is 2.62 bits per heavy atom. The number of aromatic nitrogens is 1. The van der Waals surface area contributed by atoms with Gasteiger partial charge in [0.25, 0.3) is 5.91 Å². The summed E-state index contributed by atoms with van der Waals surface area (Å²) in [5, 5.41) is 3.60. The lowest BCUT2D eigenvalue weighted by Gasteiger charge is -2.23. The van der Waals surface area contributed by atoms with E-state index in [1.165, 1.54) is 11.3 Å². The van der Waals surface area contributed by atoms with E-state index in [9.17, 15) is 4.79 Å². The molecule has 130 valence electrons. The van der Waals surface area contributed by atoms with Gasteiger partial charge in [0.1, 0.15) is 0 Å². The summed E-state index contributed by atoms with van der Waals surface area (Å²) < 4.78 is 6.73. The zero-order chi connectivity index (χ0) is 15.7. The zero-order valence-electron chi connectivity index (χ0n) is 13.2. The lowest BCUT2D eigenvalue weighted by atomic mass is 10.1. The van der Waals surface area contributed by atoms with Crippen LogP contribution in [0.4, 0.5) is 0 Å². The van der Waals surface area contributed by atoms with Crippen LogP contribution in [-0.2, 0) is 0 Å². The van der Waals surface area contributed by atoms with Crippen molar-refractivity contribution in [3.63, 3.8) is 0 Å². The summed E-state index contributed by atoms with van der Waals surface area (Å²) in [6.45, 7) is 4.08. The topological polar surface area (TPSA) is 81.1 Å². The maximum Gasteiger partial charge on any atom is 0.287 e. The summed E-state index contributed by atoms with van der Waals surface area (Å²) in [6.07, 6.45) is 0. The maximum absolute atomic E-state index is 12.2. The molecule has 2 heterocycles. The van der Waals surface area contributed by atoms with Crippen LogP contribution in [0.15, 0.2) is 40.8 Å². The Morgan fingerprint density at radius 1 is 1.25 bits per heavy atom. The highest BCUT2D eigenvalue weighted by Gasteiger charge is 2.22. The standard InChI is InChI=1S/C16H17N3O2S.2ClH/c1-16(2,9-17)19-14(20)11-7-8-12(21-11)15-18-10-5-3-4-6-13(10)22-15;;/h3-8H,9,17H2,1-2H3,(H,19,20);2*1H. The molecular formula is C16H19Cl2N3O2S. The Hall–Kier alpha value is -1.60. The SMILES string of the molecule is CC(C)(CN)NC(=O)c1ccc(-c2nc3ccccc3s2)o1.Cl.Cl. The number of rotatable bonds is 4. The number of carbonyl (C=O) groups excluding carboxylic acids is 1. The van der Waals surface area contributed by atoms with E-state index in [-0.39, 0.29) is 36.5 Å². The number of benzene rings is 1. The fourth-order valence-electron chi connectivity index (χ4n) is 1.97. The van der Waals surface area contributed by atoms with Gasteiger partial charge in [-0.25, -0.2) is 4.98 Å². The van der Waals surface area contributed by atoms with E-state index in [4.69, 9.17) is 10.2 Å². The van der Waals surface area contributed by atoms with Crippen LogP contribution in [0.3, 0.4) is 0 Å². The van der Waals surface area contributed by atoms with E-state index in [0.29, 0.717) is 12.3 Å². The number of thiazole rings is 1. The number of fused-ring (bicyclic) bond motifs is 1. The molecule has 24 heavy (non-hydrogen) atoms. The summed E-state index contributed by atoms with van der Waals surface area (Å²) in [7, 11) is 0. The lowest BCUT2D eigenvalue weighted by Crippen LogP contribution is -2.48. The number of hydrogen-bond acceptors (Lipinski definition) is 5. The van der Waals surface area contributed by atoms with E-state index in [2.05, 4.69) is 10.3 Å². The normalized spacial score (nSPS) is 10.8. The van der Waals surface area contributed by atoms with Crippen LogP contribution in [0.25, 0.3) is 21.0 Å². The van der Waals surface area contributed by atoms with Crippen LogP contribution >= 0.6 is 36.2 Å². The first-order chi connectivity index (χ1) is 10.5. The highest BCUT2D eigenvalue weighted by atomic mass is 35.5. The molecule has 0 atom stereocenters. The van der Waals surface area contributed by atoms with E-state index >= 15 is 0 Å². The minimum atomic E-state index is -0.472. The van der Waals surface area contributed by atoms with E-state index < -0.39 is 5.54 Å². The predicted octanol–water partition coefficient (Wildman–Crippen LogP) is 3.87. The molecule has 1 amide bonds. The number of para-hydroxylation sites is 1. The third-order valence-electron chi connectivity index (χ3n) is 3.30. The molecule has 0 bridgehead atoms. The van der Waals surface area contributed by atoms with Crippen molar-refractivity contribution in [1.82, 2.24) is 10.3 Å². The molecule has 2 aromatic heterocycles. The van der Waals surface area contributed by atoms with Crippen molar-refractivity contribution in [3.8, 4) is 10.8 Å². The molecule has 0 saturated carbocycles. The lowest BCUT2D eigenvalue weighted by molar-refractivity contribution is 0.0888. The molecule has 1 aromatic carbocycles. The number of halogens is 2. The highest BCUT2D eigenvalue weighted by molar-refractivity contribution is 7.21. The van der Waals surface area contributed by atoms with Crippen molar-refractivity contribution in [2.75, 3.05) is 6.54 Å². The van der Waals surface area contributed by atoms with Gasteiger partial charge in [-0.15, -0.1) is 36.2 Å². The van der Waals surface area contributed by atoms with Gasteiger partial charge in [-0.3, -0.25) is 4.79 Å². The monoisotopic (exact) mass is 387 g/mol. The number of amides is 1. The quantitative estimate of drug-likeness (QED) is 0.711. The molecular weight excluding hydrogens is 369 g/mol. The molecule has 0 aliphatic heterocycles. The smallest absolute Gasteiger partial charge is 0.287 e. The maximum atomic E-state index is 12.2. The van der Waals surface area contributed by atoms with E-state index in [0.717, 1.165) is 15.2 Å². The Morgan fingerprint density at radius 2 is 1.96 bits per heavy atom. The first kappa shape index (κ1) is 20.4. The van der Waals surface area contributed by atoms with Crippen molar-refractivity contribution in [3.05, 3.63) is 42.2 Å². The van der Waals surface area contributed by atoms with Gasteiger partial charge in [-0.1, -0.05) is 12.1 Å². The number of nitrogens with zero attached hydrogens (tertiary/aromatic N) is 1. The van der Waals surface area contributed by atoms with Crippen molar-refractivity contribution in [1.29, 1.82) is 0 Å². The third kappa shape index (κ3) is 4.27. The third-order valence-corrected chi connectivity index (χ3v) is 4.35. The molecule has 0 aliphatic carbocycles. The van der Waals surface area contributed by atoms with Crippen LogP contribution in [-0.4, -0.2) is 23.0 Å². The van der Waals surface area contributed by atoms with E-state index in [1.54, 1.807) is 12.1 Å². The fourth-order valence-corrected chi connectivity index (χ4v) is 2.90. The zero-order valence-corrected chi connectivity index (χ0v) is 15.7. The second kappa shape index (κ2) is 7.98. The van der Waals surface area contributed by atoms with Crippen LogP contribution in [0.2, 0.25) is 0 Å². The van der Waals surface area contributed by atoms with Gasteiger partial charge in [0.05, 0.1) is 10.2 Å². The molecule has 0 radical (unpaired) electrons. The summed E-state index contributed by atoms with van der Waals surface area (Å²) >= 11 is 1.54. The summed E-state index contributed by atoms with van der Waals surface area (Å²) in [5.74, 6) is 0.579. The molecule has 0 spiro atoms. The van der Waals surface area contributed by atoms with Crippen molar-refractivity contribution in [2.45, 2.75) is 19.4 Å². The fraction of sp³-hybridized carbons (Fsp3) is 0.250. The van der Waals surface area contributed by atoms with Gasteiger partial charge in [-0.05, 0) is 38.1 Å². The summed E-state index contributed by atoms with van der Waals surface area (Å²) in [4.78, 5) is 16.7. The Bertz CT molecular complexity index is 796. The molecule has 5 nitrogen and oxygen atoms in total. The minimum Gasteiger partial charge on any atom is -0.448 e. The largest absolute Gasteiger partial charge is 0.448 e. The van der Waals surface area contributed by atoms with Crippen molar-refractivity contribution in [2.24, 2.45) is 5.73 Å². The van der Waals surface area contributed by atoms with Crippen LogP contribution in [0.5, 0.6) is 0 Å².